The molecule has 7 nitrogen and oxygen atoms in total. The summed E-state index contributed by atoms with van der Waals surface area (Å²) >= 11 is 0. The van der Waals surface area contributed by atoms with Gasteiger partial charge < -0.3 is 10.6 Å². The summed E-state index contributed by atoms with van der Waals surface area (Å²) in [7, 11) is 0. The first-order valence-electron chi connectivity index (χ1n) is 12.6. The summed E-state index contributed by atoms with van der Waals surface area (Å²) in [5.41, 5.74) is 7.15. The van der Waals surface area contributed by atoms with Gasteiger partial charge in [0.25, 0.3) is 5.91 Å². The highest BCUT2D eigenvalue weighted by Crippen LogP contribution is 2.39. The molecule has 2 fully saturated rings. The lowest BCUT2D eigenvalue weighted by molar-refractivity contribution is -0.117. The van der Waals surface area contributed by atoms with Gasteiger partial charge in [-0.05, 0) is 91.8 Å². The third-order valence-electron chi connectivity index (χ3n) is 6.88. The Kier molecular flexibility index (Phi) is 5.96. The van der Waals surface area contributed by atoms with Crippen LogP contribution >= 0.6 is 0 Å². The molecule has 0 saturated heterocycles. The lowest BCUT2D eigenvalue weighted by Gasteiger charge is -2.12. The minimum atomic E-state index is -0.150. The van der Waals surface area contributed by atoms with Gasteiger partial charge in [0.05, 0.1) is 0 Å². The number of amides is 2. The summed E-state index contributed by atoms with van der Waals surface area (Å²) < 4.78 is 0. The molecule has 1 aromatic carbocycles. The number of carbonyl (C=O) groups is 2. The van der Waals surface area contributed by atoms with Crippen molar-refractivity contribution in [1.29, 1.82) is 0 Å². The predicted molar refractivity (Wildman–Crippen MR) is 143 cm³/mol. The largest absolute Gasteiger partial charge is 0.322 e. The fraction of sp³-hybridized carbons (Fsp3) is 0.233. The zero-order chi connectivity index (χ0) is 25.4. The summed E-state index contributed by atoms with van der Waals surface area (Å²) in [6.07, 6.45) is 11.2. The second-order valence-electron chi connectivity index (χ2n) is 9.88. The molecule has 2 amide bonds. The van der Waals surface area contributed by atoms with Crippen molar-refractivity contribution in [3.63, 3.8) is 0 Å². The van der Waals surface area contributed by atoms with E-state index in [0.717, 1.165) is 64.9 Å². The van der Waals surface area contributed by atoms with E-state index in [2.05, 4.69) is 31.7 Å². The number of nitrogens with one attached hydrogen (secondary N) is 2. The molecule has 0 unspecified atom stereocenters. The van der Waals surface area contributed by atoms with Crippen LogP contribution in [0.4, 0.5) is 11.5 Å². The second-order valence-corrected chi connectivity index (χ2v) is 9.88. The number of pyridine rings is 3. The zero-order valence-electron chi connectivity index (χ0n) is 20.6. The Morgan fingerprint density at radius 2 is 1.62 bits per heavy atom. The van der Waals surface area contributed by atoms with Gasteiger partial charge in [0.2, 0.25) is 5.91 Å². The van der Waals surface area contributed by atoms with E-state index in [1.807, 2.05) is 49.5 Å². The molecule has 37 heavy (non-hydrogen) atoms. The van der Waals surface area contributed by atoms with E-state index in [0.29, 0.717) is 17.3 Å². The Labute approximate surface area is 215 Å². The number of hydrogen-bond donors (Lipinski definition) is 2. The van der Waals surface area contributed by atoms with Gasteiger partial charge in [0.1, 0.15) is 5.82 Å². The van der Waals surface area contributed by atoms with Crippen LogP contribution in [0.25, 0.3) is 22.3 Å². The lowest BCUT2D eigenvalue weighted by atomic mass is 9.98. The smallest absolute Gasteiger partial charge is 0.255 e. The van der Waals surface area contributed by atoms with Gasteiger partial charge in [-0.15, -0.1) is 0 Å². The number of carbonyl (C=O) groups excluding carboxylic acids is 2. The van der Waals surface area contributed by atoms with Crippen LogP contribution in [0.3, 0.4) is 0 Å². The van der Waals surface area contributed by atoms with Gasteiger partial charge in [0.15, 0.2) is 0 Å². The number of aryl methyl sites for hydroxylation is 1. The number of anilines is 2. The number of benzene rings is 1. The van der Waals surface area contributed by atoms with Crippen molar-refractivity contribution in [3.8, 4) is 22.3 Å². The lowest BCUT2D eigenvalue weighted by Crippen LogP contribution is -2.14. The third-order valence-corrected chi connectivity index (χ3v) is 6.88. The highest BCUT2D eigenvalue weighted by molar-refractivity contribution is 6.04. The maximum Gasteiger partial charge on any atom is 0.255 e. The minimum Gasteiger partial charge on any atom is -0.322 e. The van der Waals surface area contributed by atoms with Crippen LogP contribution < -0.4 is 10.6 Å². The van der Waals surface area contributed by atoms with Crippen LogP contribution in [0.15, 0.2) is 73.3 Å². The molecule has 6 rings (SSSR count). The average Bonchev–Trinajstić information content (AvgIpc) is 3.83. The molecule has 2 N–H and O–H groups in total. The molecule has 0 atom stereocenters. The first kappa shape index (κ1) is 23.0. The third kappa shape index (κ3) is 5.26. The number of nitrogens with zero attached hydrogens (tertiary/aromatic N) is 3. The molecule has 3 aromatic heterocycles. The second kappa shape index (κ2) is 9.58. The van der Waals surface area contributed by atoms with Crippen molar-refractivity contribution >= 4 is 23.3 Å². The van der Waals surface area contributed by atoms with Gasteiger partial charge in [-0.2, -0.15) is 0 Å². The Morgan fingerprint density at radius 3 is 2.43 bits per heavy atom. The van der Waals surface area contributed by atoms with Crippen molar-refractivity contribution in [3.05, 3.63) is 90.1 Å². The van der Waals surface area contributed by atoms with E-state index in [1.54, 1.807) is 24.7 Å². The Bertz CT molecular complexity index is 1510. The topological polar surface area (TPSA) is 96.9 Å². The van der Waals surface area contributed by atoms with Crippen LogP contribution in [-0.4, -0.2) is 26.8 Å². The fourth-order valence-corrected chi connectivity index (χ4v) is 4.40. The van der Waals surface area contributed by atoms with Crippen molar-refractivity contribution in [1.82, 2.24) is 15.0 Å². The van der Waals surface area contributed by atoms with E-state index >= 15 is 0 Å². The maximum atomic E-state index is 12.9. The Morgan fingerprint density at radius 1 is 0.811 bits per heavy atom. The molecule has 4 aromatic rings. The maximum absolute atomic E-state index is 12.9. The van der Waals surface area contributed by atoms with Gasteiger partial charge in [-0.1, -0.05) is 6.07 Å². The molecule has 3 heterocycles. The molecule has 2 saturated carbocycles. The fourth-order valence-electron chi connectivity index (χ4n) is 4.40. The van der Waals surface area contributed by atoms with Gasteiger partial charge >= 0.3 is 0 Å². The van der Waals surface area contributed by atoms with Gasteiger partial charge in [0, 0.05) is 64.7 Å². The number of hydrogen-bond acceptors (Lipinski definition) is 5. The van der Waals surface area contributed by atoms with Crippen molar-refractivity contribution in [2.45, 2.75) is 38.5 Å². The van der Waals surface area contributed by atoms with Crippen LogP contribution in [0.5, 0.6) is 0 Å². The normalized spacial score (nSPS) is 14.7. The Balaban J connectivity index is 1.24. The first-order chi connectivity index (χ1) is 18.0. The molecule has 184 valence electrons. The van der Waals surface area contributed by atoms with Gasteiger partial charge in [-0.3, -0.25) is 19.6 Å². The van der Waals surface area contributed by atoms with E-state index in [-0.39, 0.29) is 17.7 Å². The van der Waals surface area contributed by atoms with E-state index < -0.39 is 0 Å². The summed E-state index contributed by atoms with van der Waals surface area (Å²) in [5.74, 6) is 1.03. The average molecular weight is 490 g/mol. The Hall–Kier alpha value is -4.39. The highest BCUT2D eigenvalue weighted by Gasteiger charge is 2.29. The SMILES string of the molecule is Cc1ccc(NC(=O)c2ccnc(C3CC3)c2)cc1-c1cncc(-c2ccnc(NC(=O)C3CC3)c2)c1. The molecule has 7 heteroatoms. The molecule has 0 bridgehead atoms. The van der Waals surface area contributed by atoms with E-state index in [4.69, 9.17) is 0 Å². The summed E-state index contributed by atoms with van der Waals surface area (Å²) in [5, 5.41) is 5.94. The quantitative estimate of drug-likeness (QED) is 0.332. The van der Waals surface area contributed by atoms with E-state index in [1.165, 1.54) is 0 Å². The first-order valence-corrected chi connectivity index (χ1v) is 12.6. The van der Waals surface area contributed by atoms with Crippen LogP contribution in [0, 0.1) is 12.8 Å². The molecule has 2 aliphatic rings. The monoisotopic (exact) mass is 489 g/mol. The summed E-state index contributed by atoms with van der Waals surface area (Å²) in [4.78, 5) is 38.3. The number of rotatable bonds is 7. The van der Waals surface area contributed by atoms with Crippen LogP contribution in [0.1, 0.15) is 53.2 Å². The van der Waals surface area contributed by atoms with Gasteiger partial charge in [-0.25, -0.2) is 4.98 Å². The van der Waals surface area contributed by atoms with Crippen LogP contribution in [0.2, 0.25) is 0 Å². The molecular formula is C30H27N5O2. The molecule has 2 aliphatic carbocycles. The van der Waals surface area contributed by atoms with Crippen LogP contribution in [-0.2, 0) is 4.79 Å². The molecular weight excluding hydrogens is 462 g/mol. The summed E-state index contributed by atoms with van der Waals surface area (Å²) in [6, 6.07) is 15.4. The molecule has 0 spiro atoms. The minimum absolute atomic E-state index is 0.0292. The summed E-state index contributed by atoms with van der Waals surface area (Å²) in [6.45, 7) is 2.04. The highest BCUT2D eigenvalue weighted by atomic mass is 16.2. The van der Waals surface area contributed by atoms with Crippen molar-refractivity contribution in [2.24, 2.45) is 5.92 Å². The predicted octanol–water partition coefficient (Wildman–Crippen LogP) is 5.99. The number of aromatic nitrogens is 3. The zero-order valence-corrected chi connectivity index (χ0v) is 20.6. The van der Waals surface area contributed by atoms with Crippen molar-refractivity contribution < 1.29 is 9.59 Å². The van der Waals surface area contributed by atoms with Crippen molar-refractivity contribution in [2.75, 3.05) is 10.6 Å². The molecule has 0 aliphatic heterocycles. The van der Waals surface area contributed by atoms with E-state index in [9.17, 15) is 9.59 Å². The standard InChI is InChI=1S/C30H27N5O2/c1-18-2-7-25(34-30(37)22-9-10-32-27(13-22)19-3-4-19)15-26(18)24-12-23(16-31-17-24)21-8-11-33-28(14-21)35-29(36)20-5-6-20/h2,7-17,19-20H,3-6H2,1H3,(H,34,37)(H,33,35,36). The molecule has 0 radical (unpaired) electrons.